The predicted molar refractivity (Wildman–Crippen MR) is 69.0 cm³/mol. The summed E-state index contributed by atoms with van der Waals surface area (Å²) in [6, 6.07) is 4.31. The molecule has 1 aromatic carbocycles. The van der Waals surface area contributed by atoms with Gasteiger partial charge in [-0.05, 0) is 25.3 Å². The van der Waals surface area contributed by atoms with Gasteiger partial charge in [0.2, 0.25) is 0 Å². The van der Waals surface area contributed by atoms with E-state index in [-0.39, 0.29) is 0 Å². The normalized spacial score (nSPS) is 13.9. The molecule has 21 heavy (non-hydrogen) atoms. The van der Waals surface area contributed by atoms with Crippen LogP contribution in [-0.4, -0.2) is 12.4 Å². The second kappa shape index (κ2) is 6.12. The van der Waals surface area contributed by atoms with E-state index in [0.29, 0.717) is 12.0 Å². The van der Waals surface area contributed by atoms with Crippen molar-refractivity contribution in [2.24, 2.45) is 0 Å². The highest BCUT2D eigenvalue weighted by molar-refractivity contribution is 5.33. The van der Waals surface area contributed by atoms with Gasteiger partial charge in [-0.2, -0.15) is 26.3 Å². The Balaban J connectivity index is 3.51. The van der Waals surface area contributed by atoms with E-state index in [1.165, 1.54) is 18.2 Å². The lowest BCUT2D eigenvalue weighted by Crippen LogP contribution is -2.53. The van der Waals surface area contributed by atoms with E-state index in [9.17, 15) is 26.3 Å². The molecule has 0 saturated heterocycles. The largest absolute Gasteiger partial charge is 0.407 e. The number of hydrogen-bond donors (Lipinski definition) is 0. The van der Waals surface area contributed by atoms with Crippen molar-refractivity contribution in [3.05, 3.63) is 47.5 Å². The molecule has 1 rings (SSSR count). The summed E-state index contributed by atoms with van der Waals surface area (Å²) in [5.41, 5.74) is -4.06. The molecule has 0 atom stereocenters. The van der Waals surface area contributed by atoms with E-state index < -0.39 is 29.8 Å². The lowest BCUT2D eigenvalue weighted by atomic mass is 9.75. The Morgan fingerprint density at radius 3 is 1.71 bits per heavy atom. The van der Waals surface area contributed by atoms with Gasteiger partial charge < -0.3 is 0 Å². The van der Waals surface area contributed by atoms with Crippen molar-refractivity contribution in [3.63, 3.8) is 0 Å². The lowest BCUT2D eigenvalue weighted by Gasteiger charge is -2.37. The van der Waals surface area contributed by atoms with Crippen LogP contribution in [0.25, 0.3) is 0 Å². The highest BCUT2D eigenvalue weighted by Gasteiger charge is 2.70. The van der Waals surface area contributed by atoms with Crippen LogP contribution < -0.4 is 0 Å². The Kier molecular flexibility index (Phi) is 5.12. The Bertz CT molecular complexity index is 464. The highest BCUT2D eigenvalue weighted by Crippen LogP contribution is 2.54. The maximum atomic E-state index is 13.3. The third-order valence-electron chi connectivity index (χ3n) is 3.34. The number of hydrogen-bond acceptors (Lipinski definition) is 0. The van der Waals surface area contributed by atoms with E-state index >= 15 is 0 Å². The van der Waals surface area contributed by atoms with Crippen LogP contribution in [0.15, 0.2) is 36.4 Å². The molecule has 0 aromatic heterocycles. The van der Waals surface area contributed by atoms with Gasteiger partial charge in [-0.15, -0.1) is 0 Å². The fraction of sp³-hybridized carbons (Fsp3) is 0.467. The second-order valence-electron chi connectivity index (χ2n) is 4.85. The van der Waals surface area contributed by atoms with Gasteiger partial charge in [-0.25, -0.2) is 0 Å². The van der Waals surface area contributed by atoms with E-state index in [1.807, 2.05) is 0 Å². The smallest absolute Gasteiger partial charge is 0.170 e. The summed E-state index contributed by atoms with van der Waals surface area (Å²) >= 11 is 0. The molecule has 0 bridgehead atoms. The van der Waals surface area contributed by atoms with E-state index in [4.69, 9.17) is 0 Å². The average Bonchev–Trinajstić information content (AvgIpc) is 2.33. The molecule has 0 aliphatic carbocycles. The molecule has 118 valence electrons. The Morgan fingerprint density at radius 1 is 0.857 bits per heavy atom. The van der Waals surface area contributed by atoms with Gasteiger partial charge in [0.05, 0.1) is 0 Å². The van der Waals surface area contributed by atoms with Crippen LogP contribution in [0.3, 0.4) is 0 Å². The first-order chi connectivity index (χ1) is 9.56. The van der Waals surface area contributed by atoms with Gasteiger partial charge in [-0.3, -0.25) is 0 Å². The van der Waals surface area contributed by atoms with Crippen molar-refractivity contribution in [2.75, 3.05) is 0 Å². The molecule has 0 heterocycles. The van der Waals surface area contributed by atoms with Crippen LogP contribution in [0.2, 0.25) is 0 Å². The van der Waals surface area contributed by atoms with Crippen LogP contribution in [0, 0.1) is 6.92 Å². The van der Waals surface area contributed by atoms with Crippen molar-refractivity contribution in [1.82, 2.24) is 0 Å². The zero-order valence-electron chi connectivity index (χ0n) is 11.6. The predicted octanol–water partition coefficient (Wildman–Crippen LogP) is 5.71. The molecule has 0 aliphatic rings. The third kappa shape index (κ3) is 3.41. The van der Waals surface area contributed by atoms with Crippen molar-refractivity contribution in [3.8, 4) is 0 Å². The quantitative estimate of drug-likeness (QED) is 0.493. The van der Waals surface area contributed by atoms with Crippen molar-refractivity contribution in [1.29, 1.82) is 0 Å². The number of aryl methyl sites for hydroxylation is 1. The fourth-order valence-electron chi connectivity index (χ4n) is 2.10. The number of halogens is 6. The van der Waals surface area contributed by atoms with Crippen LogP contribution in [0.5, 0.6) is 0 Å². The van der Waals surface area contributed by atoms with E-state index in [1.54, 1.807) is 13.8 Å². The summed E-state index contributed by atoms with van der Waals surface area (Å²) in [6.07, 6.45) is -9.39. The molecule has 0 radical (unpaired) electrons. The molecule has 0 fully saturated rings. The minimum absolute atomic E-state index is 0.375. The molecule has 6 heteroatoms. The number of benzene rings is 1. The molecule has 0 spiro atoms. The SMILES string of the molecule is CC/C=C\CC(c1ccc(C)cc1)(C(F)(F)F)C(F)(F)F. The summed E-state index contributed by atoms with van der Waals surface area (Å²) in [5, 5.41) is 0. The first-order valence-electron chi connectivity index (χ1n) is 6.42. The van der Waals surface area contributed by atoms with Gasteiger partial charge in [0.15, 0.2) is 5.41 Å². The van der Waals surface area contributed by atoms with Gasteiger partial charge in [0.1, 0.15) is 0 Å². The standard InChI is InChI=1S/C15H16F6/c1-3-4-5-10-13(14(16,17)18,15(19,20)21)12-8-6-11(2)7-9-12/h4-9H,3,10H2,1-2H3/b5-4-. The Labute approximate surface area is 119 Å². The highest BCUT2D eigenvalue weighted by atomic mass is 19.4. The molecule has 0 saturated carbocycles. The summed E-state index contributed by atoms with van der Waals surface area (Å²) in [5.74, 6) is 0. The van der Waals surface area contributed by atoms with Crippen molar-refractivity contribution >= 4 is 0 Å². The van der Waals surface area contributed by atoms with Crippen LogP contribution >= 0.6 is 0 Å². The fourth-order valence-corrected chi connectivity index (χ4v) is 2.10. The van der Waals surface area contributed by atoms with Crippen molar-refractivity contribution < 1.29 is 26.3 Å². The zero-order valence-corrected chi connectivity index (χ0v) is 11.6. The second-order valence-corrected chi connectivity index (χ2v) is 4.85. The van der Waals surface area contributed by atoms with Gasteiger partial charge in [0, 0.05) is 0 Å². The maximum Gasteiger partial charge on any atom is 0.407 e. The molecule has 0 nitrogen and oxygen atoms in total. The molecular weight excluding hydrogens is 294 g/mol. The van der Waals surface area contributed by atoms with Gasteiger partial charge in [0.25, 0.3) is 0 Å². The molecule has 0 aliphatic heterocycles. The molecular formula is C15H16F6. The topological polar surface area (TPSA) is 0 Å². The lowest BCUT2D eigenvalue weighted by molar-refractivity contribution is -0.302. The number of allylic oxidation sites excluding steroid dienone is 2. The van der Waals surface area contributed by atoms with E-state index in [2.05, 4.69) is 0 Å². The van der Waals surface area contributed by atoms with Crippen LogP contribution in [0.1, 0.15) is 30.9 Å². The molecule has 0 N–H and O–H groups in total. The number of alkyl halides is 6. The minimum atomic E-state index is -5.43. The summed E-state index contributed by atoms with van der Waals surface area (Å²) in [4.78, 5) is 0. The molecule has 1 aromatic rings. The number of rotatable bonds is 4. The molecule has 0 amide bonds. The Morgan fingerprint density at radius 2 is 1.33 bits per heavy atom. The summed E-state index contributed by atoms with van der Waals surface area (Å²) < 4.78 is 80.0. The summed E-state index contributed by atoms with van der Waals surface area (Å²) in [6.45, 7) is 3.24. The first kappa shape index (κ1) is 17.6. The Hall–Kier alpha value is -1.46. The van der Waals surface area contributed by atoms with Gasteiger partial charge >= 0.3 is 12.4 Å². The first-order valence-corrected chi connectivity index (χ1v) is 6.42. The van der Waals surface area contributed by atoms with Crippen molar-refractivity contribution in [2.45, 2.75) is 44.5 Å². The zero-order chi connectivity index (χ0) is 16.3. The van der Waals surface area contributed by atoms with Crippen LogP contribution in [0.4, 0.5) is 26.3 Å². The van der Waals surface area contributed by atoms with Crippen LogP contribution in [-0.2, 0) is 5.41 Å². The maximum absolute atomic E-state index is 13.3. The summed E-state index contributed by atoms with van der Waals surface area (Å²) in [7, 11) is 0. The van der Waals surface area contributed by atoms with Gasteiger partial charge in [-0.1, -0.05) is 48.9 Å². The minimum Gasteiger partial charge on any atom is -0.170 e. The third-order valence-corrected chi connectivity index (χ3v) is 3.34. The van der Waals surface area contributed by atoms with E-state index in [0.717, 1.165) is 18.2 Å². The molecule has 0 unspecified atom stereocenters. The monoisotopic (exact) mass is 310 g/mol. The average molecular weight is 310 g/mol.